The molecule has 0 aliphatic rings. The molecule has 1 aromatic heterocycles. The first-order valence-electron chi connectivity index (χ1n) is 6.16. The second kappa shape index (κ2) is 5.38. The number of hydrogen-bond acceptors (Lipinski definition) is 3. The monoisotopic (exact) mass is 299 g/mol. The zero-order chi connectivity index (χ0) is 14.8. The van der Waals surface area contributed by atoms with E-state index in [-0.39, 0.29) is 5.56 Å². The van der Waals surface area contributed by atoms with Crippen LogP contribution in [0.15, 0.2) is 54.7 Å². The van der Waals surface area contributed by atoms with E-state index >= 15 is 0 Å². The van der Waals surface area contributed by atoms with Crippen LogP contribution < -0.4 is 0 Å². The lowest BCUT2D eigenvalue weighted by molar-refractivity contribution is 0.0697. The van der Waals surface area contributed by atoms with Gasteiger partial charge in [-0.1, -0.05) is 35.0 Å². The van der Waals surface area contributed by atoms with Crippen LogP contribution in [0.5, 0.6) is 0 Å². The zero-order valence-electron chi connectivity index (χ0n) is 10.8. The standard InChI is InChI=1S/C15H10ClN3O2/c16-10-6-7-12(15(20)21)13(8-10)14-9-17-18-19(14)11-4-2-1-3-5-11/h1-9H,(H,20,21). The van der Waals surface area contributed by atoms with Crippen molar-refractivity contribution in [1.82, 2.24) is 15.0 Å². The van der Waals surface area contributed by atoms with Crippen LogP contribution in [0.1, 0.15) is 10.4 Å². The molecule has 0 saturated heterocycles. The van der Waals surface area contributed by atoms with Gasteiger partial charge in [-0.25, -0.2) is 9.48 Å². The van der Waals surface area contributed by atoms with E-state index in [9.17, 15) is 9.90 Å². The minimum absolute atomic E-state index is 0.152. The van der Waals surface area contributed by atoms with Crippen LogP contribution in [0.2, 0.25) is 5.02 Å². The van der Waals surface area contributed by atoms with Crippen LogP contribution in [0.3, 0.4) is 0 Å². The van der Waals surface area contributed by atoms with Crippen LogP contribution in [0.4, 0.5) is 0 Å². The Morgan fingerprint density at radius 3 is 2.62 bits per heavy atom. The second-order valence-electron chi connectivity index (χ2n) is 4.36. The molecule has 6 heteroatoms. The van der Waals surface area contributed by atoms with Gasteiger partial charge in [0.2, 0.25) is 0 Å². The molecule has 0 radical (unpaired) electrons. The number of rotatable bonds is 3. The number of benzene rings is 2. The molecule has 0 spiro atoms. The summed E-state index contributed by atoms with van der Waals surface area (Å²) in [5, 5.41) is 17.7. The summed E-state index contributed by atoms with van der Waals surface area (Å²) in [6, 6.07) is 14.0. The summed E-state index contributed by atoms with van der Waals surface area (Å²) in [5.41, 5.74) is 1.99. The van der Waals surface area contributed by atoms with Gasteiger partial charge in [0.25, 0.3) is 0 Å². The van der Waals surface area contributed by atoms with Gasteiger partial charge < -0.3 is 5.11 Å². The first kappa shape index (κ1) is 13.3. The van der Waals surface area contributed by atoms with E-state index < -0.39 is 5.97 Å². The summed E-state index contributed by atoms with van der Waals surface area (Å²) < 4.78 is 1.58. The van der Waals surface area contributed by atoms with Crippen molar-refractivity contribution < 1.29 is 9.90 Å². The van der Waals surface area contributed by atoms with Gasteiger partial charge in [-0.15, -0.1) is 5.10 Å². The molecule has 3 rings (SSSR count). The molecule has 0 aliphatic carbocycles. The number of aromatic carboxylic acids is 1. The van der Waals surface area contributed by atoms with Crippen molar-refractivity contribution in [1.29, 1.82) is 0 Å². The summed E-state index contributed by atoms with van der Waals surface area (Å²) in [7, 11) is 0. The number of carboxylic acid groups (broad SMARTS) is 1. The highest BCUT2D eigenvalue weighted by molar-refractivity contribution is 6.31. The summed E-state index contributed by atoms with van der Waals surface area (Å²) in [4.78, 5) is 11.4. The van der Waals surface area contributed by atoms with Crippen molar-refractivity contribution in [2.45, 2.75) is 0 Å². The van der Waals surface area contributed by atoms with Gasteiger partial charge >= 0.3 is 5.97 Å². The topological polar surface area (TPSA) is 68.0 Å². The Labute approximate surface area is 125 Å². The number of hydrogen-bond donors (Lipinski definition) is 1. The second-order valence-corrected chi connectivity index (χ2v) is 4.80. The minimum Gasteiger partial charge on any atom is -0.478 e. The Balaban J connectivity index is 2.21. The van der Waals surface area contributed by atoms with E-state index in [1.165, 1.54) is 12.3 Å². The lowest BCUT2D eigenvalue weighted by atomic mass is 10.0. The van der Waals surface area contributed by atoms with Crippen molar-refractivity contribution in [3.8, 4) is 16.9 Å². The van der Waals surface area contributed by atoms with Gasteiger partial charge in [0, 0.05) is 10.6 Å². The molecule has 104 valence electrons. The molecule has 5 nitrogen and oxygen atoms in total. The lowest BCUT2D eigenvalue weighted by Gasteiger charge is -2.09. The van der Waals surface area contributed by atoms with Crippen LogP contribution in [-0.2, 0) is 0 Å². The summed E-state index contributed by atoms with van der Waals surface area (Å²) >= 11 is 5.99. The van der Waals surface area contributed by atoms with Gasteiger partial charge in [0.05, 0.1) is 23.1 Å². The zero-order valence-corrected chi connectivity index (χ0v) is 11.5. The molecule has 0 bridgehead atoms. The average Bonchev–Trinajstić information content (AvgIpc) is 2.97. The van der Waals surface area contributed by atoms with Crippen LogP contribution >= 0.6 is 11.6 Å². The van der Waals surface area contributed by atoms with Crippen LogP contribution in [-0.4, -0.2) is 26.1 Å². The Morgan fingerprint density at radius 1 is 1.14 bits per heavy atom. The number of carboxylic acids is 1. The fraction of sp³-hybridized carbons (Fsp3) is 0. The molecule has 0 unspecified atom stereocenters. The normalized spacial score (nSPS) is 10.5. The maximum Gasteiger partial charge on any atom is 0.336 e. The van der Waals surface area contributed by atoms with Crippen LogP contribution in [0.25, 0.3) is 16.9 Å². The fourth-order valence-electron chi connectivity index (χ4n) is 2.09. The number of halogens is 1. The van der Waals surface area contributed by atoms with Crippen LogP contribution in [0, 0.1) is 0 Å². The largest absolute Gasteiger partial charge is 0.478 e. The predicted molar refractivity (Wildman–Crippen MR) is 78.8 cm³/mol. The summed E-state index contributed by atoms with van der Waals surface area (Å²) in [5.74, 6) is -1.03. The van der Waals surface area contributed by atoms with Crippen molar-refractivity contribution in [2.24, 2.45) is 0 Å². The van der Waals surface area contributed by atoms with E-state index in [0.29, 0.717) is 16.3 Å². The van der Waals surface area contributed by atoms with Gasteiger partial charge in [-0.2, -0.15) is 0 Å². The Bertz CT molecular complexity index is 800. The fourth-order valence-corrected chi connectivity index (χ4v) is 2.27. The van der Waals surface area contributed by atoms with Crippen molar-refractivity contribution >= 4 is 17.6 Å². The molecule has 21 heavy (non-hydrogen) atoms. The molecule has 1 N–H and O–H groups in total. The molecular formula is C15H10ClN3O2. The number of aromatic nitrogens is 3. The Hall–Kier alpha value is -2.66. The van der Waals surface area contributed by atoms with E-state index in [1.54, 1.807) is 16.8 Å². The summed E-state index contributed by atoms with van der Waals surface area (Å²) in [6.07, 6.45) is 1.52. The Kier molecular flexibility index (Phi) is 3.41. The van der Waals surface area contributed by atoms with Gasteiger partial charge in [-0.3, -0.25) is 0 Å². The highest BCUT2D eigenvalue weighted by Crippen LogP contribution is 2.28. The molecular weight excluding hydrogens is 290 g/mol. The van der Waals surface area contributed by atoms with Gasteiger partial charge in [0.15, 0.2) is 0 Å². The maximum atomic E-state index is 11.4. The van der Waals surface area contributed by atoms with E-state index in [4.69, 9.17) is 11.6 Å². The molecule has 0 fully saturated rings. The molecule has 0 saturated carbocycles. The molecule has 0 aliphatic heterocycles. The van der Waals surface area contributed by atoms with E-state index in [0.717, 1.165) is 5.69 Å². The first-order valence-corrected chi connectivity index (χ1v) is 6.54. The summed E-state index contributed by atoms with van der Waals surface area (Å²) in [6.45, 7) is 0. The third kappa shape index (κ3) is 2.51. The molecule has 2 aromatic carbocycles. The highest BCUT2D eigenvalue weighted by atomic mass is 35.5. The predicted octanol–water partition coefficient (Wildman–Crippen LogP) is 3.29. The SMILES string of the molecule is O=C(O)c1ccc(Cl)cc1-c1cnnn1-c1ccccc1. The highest BCUT2D eigenvalue weighted by Gasteiger charge is 2.17. The van der Waals surface area contributed by atoms with Crippen molar-refractivity contribution in [3.63, 3.8) is 0 Å². The molecule has 1 heterocycles. The average molecular weight is 300 g/mol. The first-order chi connectivity index (χ1) is 10.2. The molecule has 0 atom stereocenters. The number of para-hydroxylation sites is 1. The Morgan fingerprint density at radius 2 is 1.90 bits per heavy atom. The third-order valence-electron chi connectivity index (χ3n) is 3.04. The number of carbonyl (C=O) groups is 1. The number of nitrogens with zero attached hydrogens (tertiary/aromatic N) is 3. The molecule has 3 aromatic rings. The smallest absolute Gasteiger partial charge is 0.336 e. The lowest BCUT2D eigenvalue weighted by Crippen LogP contribution is -2.04. The van der Waals surface area contributed by atoms with Gasteiger partial charge in [0.1, 0.15) is 0 Å². The van der Waals surface area contributed by atoms with Crippen molar-refractivity contribution in [2.75, 3.05) is 0 Å². The maximum absolute atomic E-state index is 11.4. The minimum atomic E-state index is -1.03. The molecule has 0 amide bonds. The third-order valence-corrected chi connectivity index (χ3v) is 3.27. The van der Waals surface area contributed by atoms with E-state index in [1.807, 2.05) is 30.3 Å². The van der Waals surface area contributed by atoms with Gasteiger partial charge in [-0.05, 0) is 30.3 Å². The van der Waals surface area contributed by atoms with Crippen molar-refractivity contribution in [3.05, 3.63) is 65.3 Å². The van der Waals surface area contributed by atoms with E-state index in [2.05, 4.69) is 10.3 Å². The quantitative estimate of drug-likeness (QED) is 0.806.